The molecule has 0 saturated carbocycles. The van der Waals surface area contributed by atoms with Gasteiger partial charge in [0.15, 0.2) is 17.3 Å². The van der Waals surface area contributed by atoms with Crippen molar-refractivity contribution >= 4 is 82.3 Å². The third kappa shape index (κ3) is 45.7. The highest BCUT2D eigenvalue weighted by atomic mass is 16.6. The van der Waals surface area contributed by atoms with E-state index in [1.54, 1.807) is 27.7 Å². The van der Waals surface area contributed by atoms with Crippen molar-refractivity contribution in [1.29, 1.82) is 0 Å². The third-order valence-electron chi connectivity index (χ3n) is 18.7. The Morgan fingerprint density at radius 3 is 1.17 bits per heavy atom. The standard InChI is InChI=1S/C80H143N9O15/c1-46(2)31-60(41-65(93)27-25-58(20)84-77(101)83-45-61(51(11)12)42-73(97)104-80(22,23)24)44-82-79(103)89-66(52(13)14)30-29-63(91)36-53(15)43-81-78(102)85-62(32-47(3)4)26-28-64(92)37-55(17)74(98)86-68(34-49(7)8)71(95)39-57(19)76(100)88-69(35-50(9)10)72(96)40-56(18)75(99)87-67(33-48(5)6)70(94)38-54(16)59(21)90/h46-58,60-62,66-69H,25-45H2,1-24H3,(H,86,98)(H,87,99)(H,88,100)(H2,81,85,102)(H2,82,89,103)(H2,83,84,101)/t53-,54-,55-,56-,57-,58+,60-,61-,62-,66-,67+,68+,69+/m1/s1. The molecule has 598 valence electrons. The number of ketones is 7. The van der Waals surface area contributed by atoms with Gasteiger partial charge in [-0.25, -0.2) is 14.4 Å². The summed E-state index contributed by atoms with van der Waals surface area (Å²) >= 11 is 0. The van der Waals surface area contributed by atoms with E-state index in [4.69, 9.17) is 4.74 Å². The van der Waals surface area contributed by atoms with Crippen LogP contribution in [0.25, 0.3) is 0 Å². The summed E-state index contributed by atoms with van der Waals surface area (Å²) < 4.78 is 5.47. The van der Waals surface area contributed by atoms with Crippen molar-refractivity contribution < 1.29 is 71.9 Å². The molecule has 0 aromatic heterocycles. The normalized spacial score (nSPS) is 15.6. The molecule has 0 aliphatic heterocycles. The highest BCUT2D eigenvalue weighted by Gasteiger charge is 2.34. The predicted molar refractivity (Wildman–Crippen MR) is 409 cm³/mol. The summed E-state index contributed by atoms with van der Waals surface area (Å²) in [5.74, 6) is -6.03. The molecule has 104 heavy (non-hydrogen) atoms. The van der Waals surface area contributed by atoms with Gasteiger partial charge < -0.3 is 52.6 Å². The minimum atomic E-state index is -0.958. The molecule has 0 heterocycles. The summed E-state index contributed by atoms with van der Waals surface area (Å²) in [5.41, 5.74) is -0.599. The van der Waals surface area contributed by atoms with Crippen LogP contribution in [-0.2, 0) is 57.5 Å². The average molecular weight is 1470 g/mol. The van der Waals surface area contributed by atoms with E-state index in [0.717, 1.165) is 0 Å². The molecule has 0 radical (unpaired) electrons. The largest absolute Gasteiger partial charge is 0.460 e. The molecule has 0 aromatic carbocycles. The fraction of sp³-hybridized carbons (Fsp3) is 0.825. The van der Waals surface area contributed by atoms with Gasteiger partial charge in [-0.1, -0.05) is 132 Å². The summed E-state index contributed by atoms with van der Waals surface area (Å²) in [4.78, 5) is 186. The molecule has 0 unspecified atom stereocenters. The van der Waals surface area contributed by atoms with E-state index in [2.05, 4.69) is 61.7 Å². The summed E-state index contributed by atoms with van der Waals surface area (Å²) in [6, 6.07) is -4.90. The number of carbonyl (C=O) groups excluding carboxylic acids is 14. The highest BCUT2D eigenvalue weighted by molar-refractivity contribution is 5.97. The minimum absolute atomic E-state index is 0.0121. The van der Waals surface area contributed by atoms with Crippen LogP contribution in [0.5, 0.6) is 0 Å². The molecule has 0 rings (SSSR count). The molecule has 0 bridgehead atoms. The van der Waals surface area contributed by atoms with Gasteiger partial charge in [0, 0.05) is 119 Å². The molecule has 24 heteroatoms. The van der Waals surface area contributed by atoms with Crippen molar-refractivity contribution in [1.82, 2.24) is 47.9 Å². The lowest BCUT2D eigenvalue weighted by atomic mass is 9.90. The quantitative estimate of drug-likeness (QED) is 0.0256. The van der Waals surface area contributed by atoms with Gasteiger partial charge in [-0.3, -0.25) is 52.7 Å². The second-order valence-corrected chi connectivity index (χ2v) is 34.2. The van der Waals surface area contributed by atoms with Gasteiger partial charge in [0.05, 0.1) is 24.5 Å². The minimum Gasteiger partial charge on any atom is -0.460 e. The Bertz CT molecular complexity index is 2740. The van der Waals surface area contributed by atoms with Gasteiger partial charge in [0.25, 0.3) is 0 Å². The first-order valence-corrected chi connectivity index (χ1v) is 39.0. The Morgan fingerprint density at radius 2 is 0.740 bits per heavy atom. The average Bonchev–Trinajstić information content (AvgIpc) is 0.884. The van der Waals surface area contributed by atoms with Gasteiger partial charge in [-0.15, -0.1) is 0 Å². The van der Waals surface area contributed by atoms with E-state index in [9.17, 15) is 67.1 Å². The van der Waals surface area contributed by atoms with Crippen molar-refractivity contribution in [3.05, 3.63) is 0 Å². The second-order valence-electron chi connectivity index (χ2n) is 34.2. The molecule has 0 saturated heterocycles. The van der Waals surface area contributed by atoms with E-state index in [-0.39, 0.29) is 226 Å². The number of hydrogen-bond donors (Lipinski definition) is 9. The zero-order valence-corrected chi connectivity index (χ0v) is 68.5. The molecule has 0 aliphatic carbocycles. The first-order chi connectivity index (χ1) is 48.1. The second kappa shape index (κ2) is 50.0. The Balaban J connectivity index is 5.40. The van der Waals surface area contributed by atoms with Crippen LogP contribution >= 0.6 is 0 Å². The number of nitrogens with one attached hydrogen (secondary N) is 9. The van der Waals surface area contributed by atoms with Crippen molar-refractivity contribution in [2.75, 3.05) is 19.6 Å². The number of esters is 1. The van der Waals surface area contributed by atoms with Crippen LogP contribution in [-0.4, -0.2) is 144 Å². The number of hydrogen-bond acceptors (Lipinski definition) is 15. The van der Waals surface area contributed by atoms with E-state index in [1.807, 2.05) is 118 Å². The van der Waals surface area contributed by atoms with Crippen LogP contribution in [0.15, 0.2) is 0 Å². The number of Topliss-reactive ketones (excluding diaryl/α,β-unsaturated/α-hetero) is 7. The molecule has 0 fully saturated rings. The summed E-state index contributed by atoms with van der Waals surface area (Å²) in [6.45, 7) is 45.2. The van der Waals surface area contributed by atoms with Crippen LogP contribution in [0.1, 0.15) is 282 Å². The molecule has 0 aliphatic rings. The Kier molecular flexibility index (Phi) is 46.8. The first kappa shape index (κ1) is 97.4. The van der Waals surface area contributed by atoms with Gasteiger partial charge in [-0.2, -0.15) is 0 Å². The number of amides is 9. The SMILES string of the molecule is CC(=O)[C@H](C)CC(=O)[C@H](CC(C)C)NC(=O)[C@H](C)CC(=O)[C@H](CC(C)C)NC(=O)[C@H](C)CC(=O)[C@H](CC(C)C)NC(=O)[C@H](C)CC(=O)CC[C@H](CC(C)C)NC(=O)NC[C@H](C)CC(=O)CC[C@@H](NC(=O)NC[C@@H](CC(=O)CC[C@H](C)NC(=O)NC[C@@H](CC(=O)OC(C)(C)C)C(C)C)CC(C)C)C(C)C. The van der Waals surface area contributed by atoms with Crippen LogP contribution in [0.4, 0.5) is 14.4 Å². The lowest BCUT2D eigenvalue weighted by Gasteiger charge is -2.25. The maximum Gasteiger partial charge on any atom is 0.315 e. The van der Waals surface area contributed by atoms with E-state index in [0.29, 0.717) is 45.1 Å². The molecule has 9 amide bonds. The fourth-order valence-corrected chi connectivity index (χ4v) is 12.3. The molecule has 9 N–H and O–H groups in total. The molecule has 0 aromatic rings. The monoisotopic (exact) mass is 1470 g/mol. The highest BCUT2D eigenvalue weighted by Crippen LogP contribution is 2.23. The number of ether oxygens (including phenoxy) is 1. The third-order valence-corrected chi connectivity index (χ3v) is 18.7. The lowest BCUT2D eigenvalue weighted by molar-refractivity contribution is -0.156. The lowest BCUT2D eigenvalue weighted by Crippen LogP contribution is -2.48. The van der Waals surface area contributed by atoms with E-state index >= 15 is 0 Å². The predicted octanol–water partition coefficient (Wildman–Crippen LogP) is 11.8. The number of rotatable bonds is 54. The van der Waals surface area contributed by atoms with Crippen LogP contribution in [0, 0.1) is 82.9 Å². The number of urea groups is 3. The fourth-order valence-electron chi connectivity index (χ4n) is 12.3. The van der Waals surface area contributed by atoms with Crippen molar-refractivity contribution in [3.63, 3.8) is 0 Å². The summed E-state index contributed by atoms with van der Waals surface area (Å²) in [6.07, 6.45) is 3.96. The molecular formula is C80H143N9O15. The van der Waals surface area contributed by atoms with Gasteiger partial charge in [0.1, 0.15) is 28.7 Å². The molecule has 0 spiro atoms. The van der Waals surface area contributed by atoms with Crippen molar-refractivity contribution in [2.24, 2.45) is 82.9 Å². The summed E-state index contributed by atoms with van der Waals surface area (Å²) in [5, 5.41) is 26.1. The zero-order chi connectivity index (χ0) is 80.1. The van der Waals surface area contributed by atoms with Crippen LogP contribution < -0.4 is 47.9 Å². The molecule has 24 nitrogen and oxygen atoms in total. The van der Waals surface area contributed by atoms with Crippen molar-refractivity contribution in [3.8, 4) is 0 Å². The smallest absolute Gasteiger partial charge is 0.315 e. The van der Waals surface area contributed by atoms with Crippen LogP contribution in [0.2, 0.25) is 0 Å². The summed E-state index contributed by atoms with van der Waals surface area (Å²) in [7, 11) is 0. The van der Waals surface area contributed by atoms with Gasteiger partial charge >= 0.3 is 24.1 Å². The van der Waals surface area contributed by atoms with Gasteiger partial charge in [-0.05, 0) is 145 Å². The zero-order valence-electron chi connectivity index (χ0n) is 68.5. The van der Waals surface area contributed by atoms with Gasteiger partial charge in [0.2, 0.25) is 17.7 Å². The molecular weight excluding hydrogens is 1330 g/mol. The maximum absolute atomic E-state index is 13.9. The van der Waals surface area contributed by atoms with E-state index < -0.39 is 71.2 Å². The first-order valence-electron chi connectivity index (χ1n) is 39.0. The number of carbonyl (C=O) groups is 14. The maximum atomic E-state index is 13.9. The topological polar surface area (TPSA) is 356 Å². The Hall–Kier alpha value is -6.62. The van der Waals surface area contributed by atoms with E-state index in [1.165, 1.54) is 6.92 Å². The van der Waals surface area contributed by atoms with Crippen molar-refractivity contribution in [2.45, 2.75) is 324 Å². The Labute approximate surface area is 625 Å². The van der Waals surface area contributed by atoms with Crippen LogP contribution in [0.3, 0.4) is 0 Å². The molecule has 13 atom stereocenters. The Morgan fingerprint density at radius 1 is 0.356 bits per heavy atom.